The minimum absolute atomic E-state index is 0.0146. The molecule has 0 radical (unpaired) electrons. The second-order valence-corrected chi connectivity index (χ2v) is 11.9. The lowest BCUT2D eigenvalue weighted by Gasteiger charge is -2.21. The van der Waals surface area contributed by atoms with Crippen molar-refractivity contribution in [3.05, 3.63) is 139 Å². The predicted molar refractivity (Wildman–Crippen MR) is 173 cm³/mol. The number of benzene rings is 6. The van der Waals surface area contributed by atoms with Gasteiger partial charge in [-0.1, -0.05) is 92.7 Å². The molecular formula is C39H28N2. The Labute approximate surface area is 238 Å². The minimum Gasteiger partial charge on any atom is -0.354 e. The van der Waals surface area contributed by atoms with Crippen molar-refractivity contribution in [3.63, 3.8) is 0 Å². The number of aromatic nitrogens is 2. The molecule has 194 valence electrons. The van der Waals surface area contributed by atoms with E-state index in [1.807, 2.05) is 0 Å². The van der Waals surface area contributed by atoms with Crippen LogP contribution in [0.4, 0.5) is 0 Å². The van der Waals surface area contributed by atoms with Crippen LogP contribution in [0.15, 0.2) is 127 Å². The van der Waals surface area contributed by atoms with Crippen LogP contribution >= 0.6 is 0 Å². The maximum atomic E-state index is 3.72. The van der Waals surface area contributed by atoms with Gasteiger partial charge < -0.3 is 9.55 Å². The second-order valence-electron chi connectivity index (χ2n) is 11.9. The fourth-order valence-electron chi connectivity index (χ4n) is 7.37. The van der Waals surface area contributed by atoms with Crippen LogP contribution in [0.2, 0.25) is 0 Å². The van der Waals surface area contributed by atoms with Gasteiger partial charge >= 0.3 is 0 Å². The SMILES string of the molecule is CC1(C)c2ccccc2-c2c1ccc1[nH]c3ccc(-c4ccc5c(c4)c4ccccc4n5-c4ccccc4)cc3c21. The number of para-hydroxylation sites is 2. The first-order chi connectivity index (χ1) is 20.1. The first-order valence-electron chi connectivity index (χ1n) is 14.4. The molecule has 2 heterocycles. The first kappa shape index (κ1) is 22.7. The van der Waals surface area contributed by atoms with Crippen LogP contribution in [0.3, 0.4) is 0 Å². The van der Waals surface area contributed by atoms with Gasteiger partial charge in [0, 0.05) is 43.7 Å². The van der Waals surface area contributed by atoms with E-state index in [4.69, 9.17) is 0 Å². The smallest absolute Gasteiger partial charge is 0.0541 e. The van der Waals surface area contributed by atoms with Gasteiger partial charge in [0.15, 0.2) is 0 Å². The topological polar surface area (TPSA) is 20.7 Å². The van der Waals surface area contributed by atoms with Crippen LogP contribution in [0.5, 0.6) is 0 Å². The number of H-pyrrole nitrogens is 1. The molecule has 6 aromatic carbocycles. The Balaban J connectivity index is 1.29. The average molecular weight is 525 g/mol. The molecule has 0 atom stereocenters. The molecule has 9 rings (SSSR count). The summed E-state index contributed by atoms with van der Waals surface area (Å²) in [6.07, 6.45) is 0. The molecule has 0 aliphatic heterocycles. The van der Waals surface area contributed by atoms with Crippen molar-refractivity contribution in [2.75, 3.05) is 0 Å². The summed E-state index contributed by atoms with van der Waals surface area (Å²) in [5, 5.41) is 5.17. The predicted octanol–water partition coefficient (Wildman–Crippen LogP) is 10.4. The number of hydrogen-bond acceptors (Lipinski definition) is 0. The summed E-state index contributed by atoms with van der Waals surface area (Å²) in [6.45, 7) is 4.70. The number of nitrogens with one attached hydrogen (secondary N) is 1. The summed E-state index contributed by atoms with van der Waals surface area (Å²) in [6, 6.07) is 46.7. The highest BCUT2D eigenvalue weighted by molar-refractivity contribution is 6.17. The summed E-state index contributed by atoms with van der Waals surface area (Å²) in [7, 11) is 0. The first-order valence-corrected chi connectivity index (χ1v) is 14.4. The fraction of sp³-hybridized carbons (Fsp3) is 0.0769. The van der Waals surface area contributed by atoms with E-state index in [2.05, 4.69) is 151 Å². The van der Waals surface area contributed by atoms with Gasteiger partial charge in [0.05, 0.1) is 11.0 Å². The highest BCUT2D eigenvalue weighted by Gasteiger charge is 2.36. The third kappa shape index (κ3) is 3.02. The zero-order valence-electron chi connectivity index (χ0n) is 23.1. The quantitative estimate of drug-likeness (QED) is 0.232. The molecule has 2 nitrogen and oxygen atoms in total. The van der Waals surface area contributed by atoms with Gasteiger partial charge in [-0.15, -0.1) is 0 Å². The zero-order valence-corrected chi connectivity index (χ0v) is 23.1. The Hall–Kier alpha value is -5.08. The van der Waals surface area contributed by atoms with Crippen LogP contribution in [0.1, 0.15) is 25.0 Å². The lowest BCUT2D eigenvalue weighted by molar-refractivity contribution is 0.661. The fourth-order valence-corrected chi connectivity index (χ4v) is 7.37. The van der Waals surface area contributed by atoms with Crippen molar-refractivity contribution in [1.82, 2.24) is 9.55 Å². The zero-order chi connectivity index (χ0) is 27.3. The molecule has 0 amide bonds. The molecule has 1 aliphatic carbocycles. The van der Waals surface area contributed by atoms with Gasteiger partial charge in [0.1, 0.15) is 0 Å². The van der Waals surface area contributed by atoms with E-state index >= 15 is 0 Å². The standard InChI is InChI=1S/C39H28N2/c1-39(2)31-14-8-6-13-28(31)37-32(39)18-20-34-38(37)30-23-24(16-19-33(30)40-34)25-17-21-36-29(22-25)27-12-7-9-15-35(27)41(36)26-10-4-3-5-11-26/h3-23,40H,1-2H3. The number of fused-ring (bicyclic) bond motifs is 10. The molecule has 0 fully saturated rings. The highest BCUT2D eigenvalue weighted by atomic mass is 15.0. The largest absolute Gasteiger partial charge is 0.354 e. The van der Waals surface area contributed by atoms with Crippen molar-refractivity contribution in [2.24, 2.45) is 0 Å². The molecule has 2 aromatic heterocycles. The number of aromatic amines is 1. The van der Waals surface area contributed by atoms with Gasteiger partial charge in [0.2, 0.25) is 0 Å². The Bertz CT molecular complexity index is 2330. The second kappa shape index (κ2) is 7.99. The Morgan fingerprint density at radius 3 is 2.10 bits per heavy atom. The molecule has 2 heteroatoms. The molecule has 0 bridgehead atoms. The number of hydrogen-bond donors (Lipinski definition) is 1. The molecule has 0 saturated carbocycles. The summed E-state index contributed by atoms with van der Waals surface area (Å²) < 4.78 is 2.37. The lowest BCUT2D eigenvalue weighted by atomic mass is 9.82. The van der Waals surface area contributed by atoms with Gasteiger partial charge in [-0.25, -0.2) is 0 Å². The highest BCUT2D eigenvalue weighted by Crippen LogP contribution is 2.52. The molecule has 1 aliphatic rings. The van der Waals surface area contributed by atoms with Crippen LogP contribution < -0.4 is 0 Å². The molecular weight excluding hydrogens is 496 g/mol. The van der Waals surface area contributed by atoms with Crippen LogP contribution in [-0.4, -0.2) is 9.55 Å². The van der Waals surface area contributed by atoms with E-state index < -0.39 is 0 Å². The Morgan fingerprint density at radius 1 is 0.537 bits per heavy atom. The van der Waals surface area contributed by atoms with Gasteiger partial charge in [-0.05, 0) is 81.9 Å². The molecule has 0 unspecified atom stereocenters. The summed E-state index contributed by atoms with van der Waals surface area (Å²) in [4.78, 5) is 3.72. The van der Waals surface area contributed by atoms with Gasteiger partial charge in [-0.2, -0.15) is 0 Å². The van der Waals surface area contributed by atoms with E-state index in [0.29, 0.717) is 0 Å². The molecule has 41 heavy (non-hydrogen) atoms. The molecule has 8 aromatic rings. The lowest BCUT2D eigenvalue weighted by Crippen LogP contribution is -2.14. The maximum Gasteiger partial charge on any atom is 0.0541 e. The van der Waals surface area contributed by atoms with Crippen LogP contribution in [-0.2, 0) is 5.41 Å². The van der Waals surface area contributed by atoms with E-state index in [1.54, 1.807) is 0 Å². The normalized spacial score (nSPS) is 13.8. The molecule has 0 spiro atoms. The van der Waals surface area contributed by atoms with Crippen LogP contribution in [0, 0.1) is 0 Å². The monoisotopic (exact) mass is 524 g/mol. The third-order valence-electron chi connectivity index (χ3n) is 9.33. The van der Waals surface area contributed by atoms with Gasteiger partial charge in [0.25, 0.3) is 0 Å². The average Bonchev–Trinajstić information content (AvgIpc) is 3.63. The summed E-state index contributed by atoms with van der Waals surface area (Å²) in [5.74, 6) is 0. The summed E-state index contributed by atoms with van der Waals surface area (Å²) in [5.41, 5.74) is 14.0. The minimum atomic E-state index is -0.0146. The summed E-state index contributed by atoms with van der Waals surface area (Å²) >= 11 is 0. The van der Waals surface area contributed by atoms with Crippen molar-refractivity contribution in [1.29, 1.82) is 0 Å². The Kier molecular flexibility index (Phi) is 4.42. The van der Waals surface area contributed by atoms with Crippen LogP contribution in [0.25, 0.3) is 71.6 Å². The van der Waals surface area contributed by atoms with Crippen molar-refractivity contribution in [3.8, 4) is 27.9 Å². The van der Waals surface area contributed by atoms with Crippen molar-refractivity contribution < 1.29 is 0 Å². The number of nitrogens with zero attached hydrogens (tertiary/aromatic N) is 1. The number of rotatable bonds is 2. The van der Waals surface area contributed by atoms with E-state index in [1.165, 1.54) is 82.7 Å². The van der Waals surface area contributed by atoms with E-state index in [-0.39, 0.29) is 5.41 Å². The molecule has 0 saturated heterocycles. The van der Waals surface area contributed by atoms with E-state index in [0.717, 1.165) is 0 Å². The Morgan fingerprint density at radius 2 is 1.22 bits per heavy atom. The maximum absolute atomic E-state index is 3.72. The van der Waals surface area contributed by atoms with Crippen molar-refractivity contribution in [2.45, 2.75) is 19.3 Å². The molecule has 1 N–H and O–H groups in total. The third-order valence-corrected chi connectivity index (χ3v) is 9.33. The van der Waals surface area contributed by atoms with E-state index in [9.17, 15) is 0 Å². The van der Waals surface area contributed by atoms with Gasteiger partial charge in [-0.3, -0.25) is 0 Å². The van der Waals surface area contributed by atoms with Crippen molar-refractivity contribution >= 4 is 43.6 Å².